The average molecular weight is 239 g/mol. The van der Waals surface area contributed by atoms with E-state index in [4.69, 9.17) is 23.1 Å². The Hall–Kier alpha value is -1.20. The highest BCUT2D eigenvalue weighted by Crippen LogP contribution is 2.21. The first-order chi connectivity index (χ1) is 7.47. The number of rotatable bonds is 4. The largest absolute Gasteiger partial charge is 0.395 e. The number of aliphatic hydroxyl groups is 1. The van der Waals surface area contributed by atoms with Crippen molar-refractivity contribution >= 4 is 23.0 Å². The van der Waals surface area contributed by atoms with E-state index in [-0.39, 0.29) is 6.61 Å². The Morgan fingerprint density at radius 2 is 2.19 bits per heavy atom. The SMILES string of the molecule is Cc1cc(C)c(C(N)=S)c(N(C)CCO)n1. The van der Waals surface area contributed by atoms with Gasteiger partial charge in [0.25, 0.3) is 0 Å². The van der Waals surface area contributed by atoms with E-state index in [2.05, 4.69) is 4.98 Å². The van der Waals surface area contributed by atoms with Gasteiger partial charge in [0.05, 0.1) is 12.2 Å². The number of nitrogens with zero attached hydrogens (tertiary/aromatic N) is 2. The van der Waals surface area contributed by atoms with Crippen molar-refractivity contribution in [3.63, 3.8) is 0 Å². The molecule has 0 saturated carbocycles. The molecule has 0 unspecified atom stereocenters. The van der Waals surface area contributed by atoms with Gasteiger partial charge in [-0.1, -0.05) is 12.2 Å². The molecule has 3 N–H and O–H groups in total. The van der Waals surface area contributed by atoms with Crippen molar-refractivity contribution in [1.29, 1.82) is 0 Å². The van der Waals surface area contributed by atoms with E-state index in [1.807, 2.05) is 31.9 Å². The van der Waals surface area contributed by atoms with E-state index in [0.717, 1.165) is 22.6 Å². The lowest BCUT2D eigenvalue weighted by molar-refractivity contribution is 0.304. The Bertz CT molecular complexity index is 406. The molecule has 5 heteroatoms. The second kappa shape index (κ2) is 5.23. The number of aryl methyl sites for hydroxylation is 2. The van der Waals surface area contributed by atoms with Crippen LogP contribution in [0.25, 0.3) is 0 Å². The van der Waals surface area contributed by atoms with Crippen molar-refractivity contribution in [2.24, 2.45) is 5.73 Å². The summed E-state index contributed by atoms with van der Waals surface area (Å²) in [4.78, 5) is 6.61. The van der Waals surface area contributed by atoms with Gasteiger partial charge in [-0.05, 0) is 25.5 Å². The highest BCUT2D eigenvalue weighted by atomic mass is 32.1. The number of pyridine rings is 1. The molecule has 0 aliphatic heterocycles. The molecule has 0 aromatic carbocycles. The summed E-state index contributed by atoms with van der Waals surface area (Å²) in [7, 11) is 1.86. The highest BCUT2D eigenvalue weighted by molar-refractivity contribution is 7.80. The minimum atomic E-state index is 0.0714. The molecule has 1 rings (SSSR count). The Morgan fingerprint density at radius 1 is 1.56 bits per heavy atom. The maximum Gasteiger partial charge on any atom is 0.139 e. The van der Waals surface area contributed by atoms with Crippen LogP contribution < -0.4 is 10.6 Å². The summed E-state index contributed by atoms with van der Waals surface area (Å²) in [5, 5.41) is 8.93. The van der Waals surface area contributed by atoms with Crippen LogP contribution in [-0.4, -0.2) is 35.3 Å². The van der Waals surface area contributed by atoms with E-state index in [1.165, 1.54) is 0 Å². The molecule has 88 valence electrons. The molecule has 0 atom stereocenters. The Kier molecular flexibility index (Phi) is 4.20. The zero-order valence-electron chi connectivity index (χ0n) is 9.82. The van der Waals surface area contributed by atoms with Gasteiger partial charge < -0.3 is 15.7 Å². The van der Waals surface area contributed by atoms with Crippen molar-refractivity contribution in [1.82, 2.24) is 4.98 Å². The van der Waals surface area contributed by atoms with Gasteiger partial charge in [0.2, 0.25) is 0 Å². The minimum absolute atomic E-state index is 0.0714. The van der Waals surface area contributed by atoms with Crippen molar-refractivity contribution < 1.29 is 5.11 Å². The summed E-state index contributed by atoms with van der Waals surface area (Å²) >= 11 is 5.03. The number of hydrogen-bond acceptors (Lipinski definition) is 4. The van der Waals surface area contributed by atoms with E-state index < -0.39 is 0 Å². The molecule has 0 spiro atoms. The lowest BCUT2D eigenvalue weighted by Crippen LogP contribution is -2.27. The minimum Gasteiger partial charge on any atom is -0.395 e. The molecule has 4 nitrogen and oxygen atoms in total. The number of likely N-dealkylation sites (N-methyl/N-ethyl adjacent to an activating group) is 1. The quantitative estimate of drug-likeness (QED) is 0.760. The van der Waals surface area contributed by atoms with Crippen molar-refractivity contribution in [2.45, 2.75) is 13.8 Å². The van der Waals surface area contributed by atoms with Crippen LogP contribution in [-0.2, 0) is 0 Å². The highest BCUT2D eigenvalue weighted by Gasteiger charge is 2.14. The van der Waals surface area contributed by atoms with Crippen LogP contribution in [0.5, 0.6) is 0 Å². The third kappa shape index (κ3) is 2.68. The molecule has 1 heterocycles. The predicted molar refractivity (Wildman–Crippen MR) is 70.0 cm³/mol. The summed E-state index contributed by atoms with van der Waals surface area (Å²) < 4.78 is 0. The summed E-state index contributed by atoms with van der Waals surface area (Å²) in [6.07, 6.45) is 0. The fraction of sp³-hybridized carbons (Fsp3) is 0.455. The number of aliphatic hydroxyl groups excluding tert-OH is 1. The van der Waals surface area contributed by atoms with Gasteiger partial charge in [-0.25, -0.2) is 4.98 Å². The van der Waals surface area contributed by atoms with Crippen LogP contribution in [0.4, 0.5) is 5.82 Å². The first-order valence-corrected chi connectivity index (χ1v) is 5.48. The van der Waals surface area contributed by atoms with Crippen LogP contribution in [0.3, 0.4) is 0 Å². The smallest absolute Gasteiger partial charge is 0.139 e. The molecule has 0 fully saturated rings. The van der Waals surface area contributed by atoms with Crippen molar-refractivity contribution in [3.05, 3.63) is 22.9 Å². The van der Waals surface area contributed by atoms with Crippen LogP contribution in [0.1, 0.15) is 16.8 Å². The molecule has 16 heavy (non-hydrogen) atoms. The molecule has 1 aromatic heterocycles. The number of thiocarbonyl (C=S) groups is 1. The van der Waals surface area contributed by atoms with Crippen LogP contribution in [0.2, 0.25) is 0 Å². The van der Waals surface area contributed by atoms with Gasteiger partial charge >= 0.3 is 0 Å². The molecule has 0 radical (unpaired) electrons. The van der Waals surface area contributed by atoms with Crippen LogP contribution in [0, 0.1) is 13.8 Å². The van der Waals surface area contributed by atoms with E-state index in [9.17, 15) is 0 Å². The van der Waals surface area contributed by atoms with Gasteiger partial charge in [0.1, 0.15) is 10.8 Å². The fourth-order valence-corrected chi connectivity index (χ4v) is 1.91. The maximum absolute atomic E-state index is 8.93. The van der Waals surface area contributed by atoms with E-state index in [1.54, 1.807) is 0 Å². The molecule has 1 aromatic rings. The number of nitrogens with two attached hydrogens (primary N) is 1. The monoisotopic (exact) mass is 239 g/mol. The molecule has 0 amide bonds. The first-order valence-electron chi connectivity index (χ1n) is 5.07. The van der Waals surface area contributed by atoms with Gasteiger partial charge in [0, 0.05) is 19.3 Å². The number of hydrogen-bond donors (Lipinski definition) is 2. The zero-order valence-corrected chi connectivity index (χ0v) is 10.6. The van der Waals surface area contributed by atoms with Gasteiger partial charge in [-0.3, -0.25) is 0 Å². The first kappa shape index (κ1) is 12.9. The zero-order chi connectivity index (χ0) is 12.3. The van der Waals surface area contributed by atoms with Gasteiger partial charge in [-0.2, -0.15) is 0 Å². The third-order valence-electron chi connectivity index (χ3n) is 2.37. The standard InChI is InChI=1S/C11H17N3OS/c1-7-6-8(2)13-11(9(7)10(12)16)14(3)4-5-15/h6,15H,4-5H2,1-3H3,(H2,12,16). The predicted octanol–water partition coefficient (Wildman–Crippen LogP) is 0.761. The fourth-order valence-electron chi connectivity index (χ4n) is 1.65. The molecule has 0 aliphatic carbocycles. The van der Waals surface area contributed by atoms with Crippen molar-refractivity contribution in [3.8, 4) is 0 Å². The summed E-state index contributed by atoms with van der Waals surface area (Å²) in [5.41, 5.74) is 8.42. The third-order valence-corrected chi connectivity index (χ3v) is 2.57. The van der Waals surface area contributed by atoms with E-state index in [0.29, 0.717) is 11.5 Å². The van der Waals surface area contributed by atoms with Crippen molar-refractivity contribution in [2.75, 3.05) is 25.1 Å². The van der Waals surface area contributed by atoms with E-state index >= 15 is 0 Å². The second-order valence-electron chi connectivity index (χ2n) is 3.79. The Morgan fingerprint density at radius 3 is 2.69 bits per heavy atom. The van der Waals surface area contributed by atoms with Crippen LogP contribution >= 0.6 is 12.2 Å². The second-order valence-corrected chi connectivity index (χ2v) is 4.23. The topological polar surface area (TPSA) is 62.4 Å². The summed E-state index contributed by atoms with van der Waals surface area (Å²) in [6, 6.07) is 1.95. The average Bonchev–Trinajstić information content (AvgIpc) is 2.15. The number of anilines is 1. The Balaban J connectivity index is 3.29. The summed E-state index contributed by atoms with van der Waals surface area (Å²) in [5.74, 6) is 0.735. The summed E-state index contributed by atoms with van der Waals surface area (Å²) in [6.45, 7) is 4.46. The molecule has 0 bridgehead atoms. The van der Waals surface area contributed by atoms with Gasteiger partial charge in [-0.15, -0.1) is 0 Å². The molecular formula is C11H17N3OS. The number of aromatic nitrogens is 1. The van der Waals surface area contributed by atoms with Gasteiger partial charge in [0.15, 0.2) is 0 Å². The lowest BCUT2D eigenvalue weighted by Gasteiger charge is -2.21. The molecule has 0 saturated heterocycles. The van der Waals surface area contributed by atoms with Crippen LogP contribution in [0.15, 0.2) is 6.07 Å². The molecule has 0 aliphatic rings. The normalized spacial score (nSPS) is 10.2. The lowest BCUT2D eigenvalue weighted by atomic mass is 10.1. The maximum atomic E-state index is 8.93. The molecular weight excluding hydrogens is 222 g/mol. The Labute approximate surface area is 101 Å².